The molecule has 1 amide bonds. The first-order chi connectivity index (χ1) is 15.0. The van der Waals surface area contributed by atoms with Crippen molar-refractivity contribution >= 4 is 23.4 Å². The van der Waals surface area contributed by atoms with E-state index in [1.165, 1.54) is 11.8 Å². The number of carbonyl (C=O) groups is 1. The fourth-order valence-corrected chi connectivity index (χ4v) is 4.45. The first-order valence-electron chi connectivity index (χ1n) is 10.2. The van der Waals surface area contributed by atoms with Crippen molar-refractivity contribution in [3.63, 3.8) is 0 Å². The standard InChI is InChI=1S/C23H26N4O3S/c1-16-12-17(2)14-18(13-16)22-24-25-23(30-22)31-15-21(28)27-10-8-26(9-11-27)19-6-4-5-7-20(19)29-3/h4-7,12-14H,8-11,15H2,1-3H3. The number of rotatable bonds is 6. The van der Waals surface area contributed by atoms with Gasteiger partial charge in [-0.15, -0.1) is 10.2 Å². The van der Waals surface area contributed by atoms with E-state index in [0.29, 0.717) is 24.2 Å². The second-order valence-corrected chi connectivity index (χ2v) is 8.50. The molecule has 7 nitrogen and oxygen atoms in total. The normalized spacial score (nSPS) is 14.0. The molecule has 1 aromatic heterocycles. The molecule has 0 aliphatic carbocycles. The van der Waals surface area contributed by atoms with Crippen LogP contribution in [0.5, 0.6) is 5.75 Å². The first-order valence-corrected chi connectivity index (χ1v) is 11.2. The smallest absolute Gasteiger partial charge is 0.277 e. The molecule has 0 atom stereocenters. The number of methoxy groups -OCH3 is 1. The summed E-state index contributed by atoms with van der Waals surface area (Å²) in [6.07, 6.45) is 0. The number of benzene rings is 2. The Kier molecular flexibility index (Phi) is 6.46. The maximum absolute atomic E-state index is 12.7. The molecule has 0 saturated carbocycles. The molecule has 1 aliphatic rings. The predicted molar refractivity (Wildman–Crippen MR) is 122 cm³/mol. The van der Waals surface area contributed by atoms with Gasteiger partial charge in [-0.3, -0.25) is 4.79 Å². The zero-order valence-electron chi connectivity index (χ0n) is 18.0. The van der Waals surface area contributed by atoms with Gasteiger partial charge in [0, 0.05) is 31.7 Å². The van der Waals surface area contributed by atoms with Gasteiger partial charge in [0.2, 0.25) is 11.8 Å². The molecule has 2 aromatic carbocycles. The Labute approximate surface area is 186 Å². The van der Waals surface area contributed by atoms with Crippen LogP contribution in [0.4, 0.5) is 5.69 Å². The molecule has 0 bridgehead atoms. The number of carbonyl (C=O) groups excluding carboxylic acids is 1. The molecule has 162 valence electrons. The van der Waals surface area contributed by atoms with Crippen molar-refractivity contribution in [2.45, 2.75) is 19.1 Å². The van der Waals surface area contributed by atoms with Crippen LogP contribution in [-0.2, 0) is 4.79 Å². The number of aromatic nitrogens is 2. The van der Waals surface area contributed by atoms with E-state index in [9.17, 15) is 4.79 Å². The lowest BCUT2D eigenvalue weighted by Gasteiger charge is -2.36. The molecule has 0 radical (unpaired) electrons. The highest BCUT2D eigenvalue weighted by molar-refractivity contribution is 7.99. The zero-order valence-corrected chi connectivity index (χ0v) is 18.8. The number of aryl methyl sites for hydroxylation is 2. The van der Waals surface area contributed by atoms with Crippen molar-refractivity contribution in [1.29, 1.82) is 0 Å². The minimum absolute atomic E-state index is 0.0795. The lowest BCUT2D eigenvalue weighted by atomic mass is 10.1. The van der Waals surface area contributed by atoms with Crippen molar-refractivity contribution in [1.82, 2.24) is 15.1 Å². The Bertz CT molecular complexity index is 1040. The molecule has 3 aromatic rings. The van der Waals surface area contributed by atoms with E-state index in [4.69, 9.17) is 9.15 Å². The van der Waals surface area contributed by atoms with Gasteiger partial charge in [-0.1, -0.05) is 41.1 Å². The Hall–Kier alpha value is -3.00. The molecular weight excluding hydrogens is 412 g/mol. The van der Waals surface area contributed by atoms with Crippen molar-refractivity contribution in [3.05, 3.63) is 53.6 Å². The fraction of sp³-hybridized carbons (Fsp3) is 0.348. The molecule has 0 spiro atoms. The number of piperazine rings is 1. The summed E-state index contributed by atoms with van der Waals surface area (Å²) in [4.78, 5) is 16.8. The molecule has 1 saturated heterocycles. The van der Waals surface area contributed by atoms with Gasteiger partial charge in [0.1, 0.15) is 5.75 Å². The predicted octanol–water partition coefficient (Wildman–Crippen LogP) is 3.80. The summed E-state index contributed by atoms with van der Waals surface area (Å²) in [6, 6.07) is 14.1. The summed E-state index contributed by atoms with van der Waals surface area (Å²) in [5, 5.41) is 8.64. The van der Waals surface area contributed by atoms with Crippen LogP contribution < -0.4 is 9.64 Å². The van der Waals surface area contributed by atoms with Gasteiger partial charge in [-0.05, 0) is 38.1 Å². The number of anilines is 1. The molecule has 1 fully saturated rings. The van der Waals surface area contributed by atoms with Crippen LogP contribution in [0, 0.1) is 13.8 Å². The number of hydrogen-bond acceptors (Lipinski definition) is 7. The number of para-hydroxylation sites is 2. The SMILES string of the molecule is COc1ccccc1N1CCN(C(=O)CSc2nnc(-c3cc(C)cc(C)c3)o2)CC1. The molecule has 8 heteroatoms. The minimum atomic E-state index is 0.0795. The fourth-order valence-electron chi connectivity index (χ4n) is 3.79. The van der Waals surface area contributed by atoms with E-state index < -0.39 is 0 Å². The summed E-state index contributed by atoms with van der Waals surface area (Å²) in [6.45, 7) is 6.97. The second-order valence-electron chi connectivity index (χ2n) is 7.58. The van der Waals surface area contributed by atoms with Gasteiger partial charge in [0.05, 0.1) is 18.6 Å². The van der Waals surface area contributed by atoms with E-state index in [0.717, 1.165) is 41.2 Å². The maximum Gasteiger partial charge on any atom is 0.277 e. The molecule has 2 heterocycles. The van der Waals surface area contributed by atoms with E-state index in [1.807, 2.05) is 49.1 Å². The van der Waals surface area contributed by atoms with Crippen LogP contribution in [0.25, 0.3) is 11.5 Å². The summed E-state index contributed by atoms with van der Waals surface area (Å²) in [7, 11) is 1.68. The first kappa shape index (κ1) is 21.2. The third-order valence-corrected chi connectivity index (χ3v) is 6.06. The van der Waals surface area contributed by atoms with Crippen LogP contribution in [-0.4, -0.2) is 60.0 Å². The van der Waals surface area contributed by atoms with Gasteiger partial charge in [0.15, 0.2) is 0 Å². The zero-order chi connectivity index (χ0) is 21.8. The highest BCUT2D eigenvalue weighted by Gasteiger charge is 2.23. The van der Waals surface area contributed by atoms with Gasteiger partial charge in [0.25, 0.3) is 5.22 Å². The summed E-state index contributed by atoms with van der Waals surface area (Å²) in [5.41, 5.74) is 4.25. The number of thioether (sulfide) groups is 1. The Balaban J connectivity index is 1.31. The molecule has 1 aliphatic heterocycles. The van der Waals surface area contributed by atoms with Gasteiger partial charge < -0.3 is 19.0 Å². The average Bonchev–Trinajstić information content (AvgIpc) is 3.26. The van der Waals surface area contributed by atoms with Crippen molar-refractivity contribution in [2.75, 3.05) is 43.9 Å². The summed E-state index contributed by atoms with van der Waals surface area (Å²) < 4.78 is 11.2. The summed E-state index contributed by atoms with van der Waals surface area (Å²) in [5.74, 6) is 1.69. The maximum atomic E-state index is 12.7. The van der Waals surface area contributed by atoms with E-state index in [2.05, 4.69) is 27.2 Å². The van der Waals surface area contributed by atoms with Crippen LogP contribution in [0.3, 0.4) is 0 Å². The summed E-state index contributed by atoms with van der Waals surface area (Å²) >= 11 is 1.28. The number of hydrogen-bond donors (Lipinski definition) is 0. The van der Waals surface area contributed by atoms with Gasteiger partial charge in [-0.25, -0.2) is 0 Å². The van der Waals surface area contributed by atoms with E-state index in [-0.39, 0.29) is 11.7 Å². The van der Waals surface area contributed by atoms with Gasteiger partial charge in [-0.2, -0.15) is 0 Å². The van der Waals surface area contributed by atoms with E-state index in [1.54, 1.807) is 7.11 Å². The third-order valence-electron chi connectivity index (χ3n) is 5.25. The highest BCUT2D eigenvalue weighted by atomic mass is 32.2. The monoisotopic (exact) mass is 438 g/mol. The largest absolute Gasteiger partial charge is 0.495 e. The lowest BCUT2D eigenvalue weighted by molar-refractivity contribution is -0.128. The molecule has 0 N–H and O–H groups in total. The Morgan fingerprint density at radius 2 is 1.77 bits per heavy atom. The highest BCUT2D eigenvalue weighted by Crippen LogP contribution is 2.29. The van der Waals surface area contributed by atoms with Crippen molar-refractivity contribution in [2.24, 2.45) is 0 Å². The minimum Gasteiger partial charge on any atom is -0.495 e. The second kappa shape index (κ2) is 9.43. The van der Waals surface area contributed by atoms with Crippen LogP contribution in [0.2, 0.25) is 0 Å². The number of ether oxygens (including phenoxy) is 1. The molecule has 4 rings (SSSR count). The topological polar surface area (TPSA) is 71.7 Å². The van der Waals surface area contributed by atoms with Crippen molar-refractivity contribution < 1.29 is 13.9 Å². The molecule has 31 heavy (non-hydrogen) atoms. The Morgan fingerprint density at radius 1 is 1.06 bits per heavy atom. The van der Waals surface area contributed by atoms with Crippen LogP contribution in [0.1, 0.15) is 11.1 Å². The average molecular weight is 439 g/mol. The van der Waals surface area contributed by atoms with Crippen LogP contribution in [0.15, 0.2) is 52.1 Å². The molecule has 0 unspecified atom stereocenters. The number of nitrogens with zero attached hydrogens (tertiary/aromatic N) is 4. The lowest BCUT2D eigenvalue weighted by Crippen LogP contribution is -2.49. The molecular formula is C23H26N4O3S. The Morgan fingerprint density at radius 3 is 2.48 bits per heavy atom. The van der Waals surface area contributed by atoms with Crippen molar-refractivity contribution in [3.8, 4) is 17.2 Å². The van der Waals surface area contributed by atoms with Gasteiger partial charge >= 0.3 is 0 Å². The number of amides is 1. The third kappa shape index (κ3) is 5.02. The quantitative estimate of drug-likeness (QED) is 0.542. The van der Waals surface area contributed by atoms with Crippen LogP contribution >= 0.6 is 11.8 Å². The van der Waals surface area contributed by atoms with E-state index >= 15 is 0 Å².